The minimum atomic E-state index is -1.36. The van der Waals surface area contributed by atoms with E-state index in [0.29, 0.717) is 18.3 Å². The lowest BCUT2D eigenvalue weighted by Crippen LogP contribution is -2.76. The fourth-order valence-corrected chi connectivity index (χ4v) is 3.55. The number of rotatable bonds is 8. The van der Waals surface area contributed by atoms with Crippen LogP contribution < -0.4 is 10.1 Å². The first-order chi connectivity index (χ1) is 12.5. The van der Waals surface area contributed by atoms with Gasteiger partial charge < -0.3 is 19.9 Å². The summed E-state index contributed by atoms with van der Waals surface area (Å²) in [6.45, 7) is 11.8. The topological polar surface area (TPSA) is 84.9 Å². The number of nitrogens with one attached hydrogen (secondary N) is 1. The van der Waals surface area contributed by atoms with E-state index in [1.807, 2.05) is 39.0 Å². The maximum atomic E-state index is 12.7. The highest BCUT2D eigenvalue weighted by Gasteiger charge is 2.66. The van der Waals surface area contributed by atoms with Crippen molar-refractivity contribution in [2.24, 2.45) is 5.41 Å². The van der Waals surface area contributed by atoms with Gasteiger partial charge in [-0.15, -0.1) is 0 Å². The van der Waals surface area contributed by atoms with Crippen molar-refractivity contribution < 1.29 is 24.2 Å². The van der Waals surface area contributed by atoms with Crippen LogP contribution in [0.3, 0.4) is 0 Å². The van der Waals surface area contributed by atoms with Gasteiger partial charge in [0.25, 0.3) is 5.91 Å². The molecule has 150 valence electrons. The first kappa shape index (κ1) is 21.2. The number of carbonyl (C=O) groups excluding carboxylic acids is 1. The summed E-state index contributed by atoms with van der Waals surface area (Å²) >= 11 is 0. The predicted molar refractivity (Wildman–Crippen MR) is 103 cm³/mol. The van der Waals surface area contributed by atoms with Gasteiger partial charge in [0.1, 0.15) is 11.3 Å². The molecule has 3 atom stereocenters. The number of carbonyl (C=O) groups is 2. The van der Waals surface area contributed by atoms with Gasteiger partial charge in [-0.1, -0.05) is 39.8 Å². The van der Waals surface area contributed by atoms with E-state index >= 15 is 0 Å². The molecule has 1 fully saturated rings. The smallest absolute Gasteiger partial charge is 0.330 e. The Morgan fingerprint density at radius 2 is 1.96 bits per heavy atom. The number of amides is 1. The second-order valence-corrected chi connectivity index (χ2v) is 8.06. The average Bonchev–Trinajstić information content (AvgIpc) is 2.60. The molecule has 6 heteroatoms. The van der Waals surface area contributed by atoms with E-state index < -0.39 is 28.9 Å². The third-order valence-electron chi connectivity index (χ3n) is 5.67. The zero-order valence-electron chi connectivity index (χ0n) is 17.0. The van der Waals surface area contributed by atoms with Gasteiger partial charge in [0, 0.05) is 18.4 Å². The number of hydrogen-bond donors (Lipinski definition) is 2. The van der Waals surface area contributed by atoms with E-state index in [1.54, 1.807) is 13.0 Å². The lowest BCUT2D eigenvalue weighted by molar-refractivity contribution is -0.195. The summed E-state index contributed by atoms with van der Waals surface area (Å²) in [6.07, 6.45) is -0.784. The summed E-state index contributed by atoms with van der Waals surface area (Å²) in [7, 11) is 0. The van der Waals surface area contributed by atoms with E-state index in [-0.39, 0.29) is 12.5 Å². The van der Waals surface area contributed by atoms with Crippen molar-refractivity contribution >= 4 is 11.9 Å². The van der Waals surface area contributed by atoms with Crippen LogP contribution in [0.15, 0.2) is 24.3 Å². The Hall–Kier alpha value is -2.08. The van der Waals surface area contributed by atoms with Gasteiger partial charge in [0.05, 0.1) is 6.10 Å². The molecular weight excluding hydrogens is 346 g/mol. The molecule has 2 rings (SSSR count). The van der Waals surface area contributed by atoms with E-state index in [1.165, 1.54) is 0 Å². The molecule has 0 aromatic heterocycles. The zero-order valence-corrected chi connectivity index (χ0v) is 17.0. The van der Waals surface area contributed by atoms with E-state index in [0.717, 1.165) is 5.56 Å². The molecule has 0 heterocycles. The summed E-state index contributed by atoms with van der Waals surface area (Å²) in [4.78, 5) is 24.7. The molecule has 0 bridgehead atoms. The second kappa shape index (κ2) is 7.89. The molecule has 1 aromatic rings. The highest BCUT2D eigenvalue weighted by atomic mass is 16.5. The predicted octanol–water partition coefficient (Wildman–Crippen LogP) is 3.35. The Balaban J connectivity index is 2.10. The van der Waals surface area contributed by atoms with Crippen LogP contribution in [0.4, 0.5) is 0 Å². The van der Waals surface area contributed by atoms with Gasteiger partial charge in [-0.2, -0.15) is 0 Å². The lowest BCUT2D eigenvalue weighted by Gasteiger charge is -2.58. The van der Waals surface area contributed by atoms with Crippen molar-refractivity contribution in [3.63, 3.8) is 0 Å². The molecule has 0 aliphatic heterocycles. The van der Waals surface area contributed by atoms with Gasteiger partial charge in [-0.25, -0.2) is 4.79 Å². The largest absolute Gasteiger partial charge is 0.481 e. The van der Waals surface area contributed by atoms with Gasteiger partial charge in [-0.3, -0.25) is 4.79 Å². The third kappa shape index (κ3) is 3.95. The zero-order chi connectivity index (χ0) is 20.4. The SMILES string of the molecule is CCOC1CC(NC(=O)C(C)Oc2cccc(C(C)C)c2)(C(=O)O)C1(C)C. The van der Waals surface area contributed by atoms with Gasteiger partial charge in [-0.05, 0) is 37.5 Å². The monoisotopic (exact) mass is 377 g/mol. The molecule has 0 saturated heterocycles. The van der Waals surface area contributed by atoms with Crippen molar-refractivity contribution in [3.8, 4) is 5.75 Å². The molecule has 6 nitrogen and oxygen atoms in total. The second-order valence-electron chi connectivity index (χ2n) is 8.06. The first-order valence-corrected chi connectivity index (χ1v) is 9.48. The Kier molecular flexibility index (Phi) is 6.20. The molecular formula is C21H31NO5. The maximum absolute atomic E-state index is 12.7. The first-order valence-electron chi connectivity index (χ1n) is 9.48. The highest BCUT2D eigenvalue weighted by Crippen LogP contribution is 2.51. The van der Waals surface area contributed by atoms with Gasteiger partial charge in [0.2, 0.25) is 0 Å². The van der Waals surface area contributed by atoms with Crippen LogP contribution in [-0.2, 0) is 14.3 Å². The molecule has 1 amide bonds. The highest BCUT2D eigenvalue weighted by molar-refractivity contribution is 5.91. The molecule has 2 N–H and O–H groups in total. The minimum absolute atomic E-state index is 0.210. The van der Waals surface area contributed by atoms with Crippen molar-refractivity contribution in [2.45, 2.75) is 71.6 Å². The molecule has 1 saturated carbocycles. The number of aliphatic carboxylic acids is 1. The lowest BCUT2D eigenvalue weighted by atomic mass is 9.54. The number of carboxylic acid groups (broad SMARTS) is 1. The third-order valence-corrected chi connectivity index (χ3v) is 5.67. The molecule has 0 radical (unpaired) electrons. The Morgan fingerprint density at radius 1 is 1.30 bits per heavy atom. The molecule has 3 unspecified atom stereocenters. The number of hydrogen-bond acceptors (Lipinski definition) is 4. The van der Waals surface area contributed by atoms with Crippen LogP contribution in [0.2, 0.25) is 0 Å². The molecule has 1 aromatic carbocycles. The van der Waals surface area contributed by atoms with Crippen LogP contribution >= 0.6 is 0 Å². The Morgan fingerprint density at radius 3 is 2.48 bits per heavy atom. The van der Waals surface area contributed by atoms with Crippen molar-refractivity contribution in [2.75, 3.05) is 6.61 Å². The van der Waals surface area contributed by atoms with E-state index in [2.05, 4.69) is 19.2 Å². The van der Waals surface area contributed by atoms with Crippen molar-refractivity contribution in [3.05, 3.63) is 29.8 Å². The summed E-state index contributed by atoms with van der Waals surface area (Å²) in [6, 6.07) is 7.59. The molecule has 27 heavy (non-hydrogen) atoms. The summed E-state index contributed by atoms with van der Waals surface area (Å²) in [5.41, 5.74) is -0.967. The number of ether oxygens (including phenoxy) is 2. The fourth-order valence-electron chi connectivity index (χ4n) is 3.55. The number of carboxylic acids is 1. The van der Waals surface area contributed by atoms with E-state index in [9.17, 15) is 14.7 Å². The van der Waals surface area contributed by atoms with Crippen LogP contribution in [0.5, 0.6) is 5.75 Å². The fraction of sp³-hybridized carbons (Fsp3) is 0.619. The normalized spacial score (nSPS) is 24.8. The standard InChI is InChI=1S/C21H31NO5/c1-7-26-17-12-21(19(24)25,20(17,5)6)22-18(23)14(4)27-16-10-8-9-15(11-16)13(2)3/h8-11,13-14,17H,7,12H2,1-6H3,(H,22,23)(H,24,25). The quantitative estimate of drug-likeness (QED) is 0.726. The average molecular weight is 377 g/mol. The van der Waals surface area contributed by atoms with E-state index in [4.69, 9.17) is 9.47 Å². The summed E-state index contributed by atoms with van der Waals surface area (Å²) in [5.74, 6) is -0.561. The molecule has 1 aliphatic carbocycles. The van der Waals surface area contributed by atoms with Crippen LogP contribution in [-0.4, -0.2) is 41.3 Å². The Bertz CT molecular complexity index is 700. The minimum Gasteiger partial charge on any atom is -0.481 e. The van der Waals surface area contributed by atoms with Gasteiger partial charge >= 0.3 is 5.97 Å². The molecule has 0 spiro atoms. The van der Waals surface area contributed by atoms with Crippen molar-refractivity contribution in [1.29, 1.82) is 0 Å². The summed E-state index contributed by atoms with van der Waals surface area (Å²) in [5, 5.41) is 12.5. The summed E-state index contributed by atoms with van der Waals surface area (Å²) < 4.78 is 11.4. The van der Waals surface area contributed by atoms with Crippen molar-refractivity contribution in [1.82, 2.24) is 5.32 Å². The maximum Gasteiger partial charge on any atom is 0.330 e. The van der Waals surface area contributed by atoms with Crippen LogP contribution in [0.1, 0.15) is 59.4 Å². The van der Waals surface area contributed by atoms with Crippen LogP contribution in [0, 0.1) is 5.41 Å². The number of benzene rings is 1. The van der Waals surface area contributed by atoms with Crippen LogP contribution in [0.25, 0.3) is 0 Å². The van der Waals surface area contributed by atoms with Gasteiger partial charge in [0.15, 0.2) is 6.10 Å². The molecule has 1 aliphatic rings. The Labute approximate surface area is 161 Å².